The minimum absolute atomic E-state index is 0.204. The fraction of sp³-hybridized carbons (Fsp3) is 0.650. The van der Waals surface area contributed by atoms with Crippen LogP contribution in [0.1, 0.15) is 51.2 Å². The Bertz CT molecular complexity index is 581. The Kier molecular flexibility index (Phi) is 6.71. The summed E-state index contributed by atoms with van der Waals surface area (Å²) in [5.41, 5.74) is 7.61. The summed E-state index contributed by atoms with van der Waals surface area (Å²) < 4.78 is 11.4. The van der Waals surface area contributed by atoms with E-state index < -0.39 is 5.60 Å². The highest BCUT2D eigenvalue weighted by Gasteiger charge is 2.27. The molecule has 5 heteroatoms. The van der Waals surface area contributed by atoms with Gasteiger partial charge < -0.3 is 20.1 Å². The van der Waals surface area contributed by atoms with Gasteiger partial charge in [-0.1, -0.05) is 6.07 Å². The van der Waals surface area contributed by atoms with Crippen LogP contribution in [0.15, 0.2) is 18.2 Å². The third-order valence-corrected chi connectivity index (χ3v) is 4.51. The molecule has 0 radical (unpaired) electrons. The highest BCUT2D eigenvalue weighted by molar-refractivity contribution is 5.68. The van der Waals surface area contributed by atoms with Crippen molar-refractivity contribution in [1.82, 2.24) is 4.90 Å². The highest BCUT2D eigenvalue weighted by atomic mass is 16.6. The first-order valence-corrected chi connectivity index (χ1v) is 9.19. The number of rotatable bonds is 5. The van der Waals surface area contributed by atoms with Crippen molar-refractivity contribution in [1.29, 1.82) is 0 Å². The molecule has 1 atom stereocenters. The van der Waals surface area contributed by atoms with Crippen molar-refractivity contribution in [2.24, 2.45) is 11.7 Å². The Morgan fingerprint density at radius 1 is 1.36 bits per heavy atom. The van der Waals surface area contributed by atoms with E-state index in [1.165, 1.54) is 5.56 Å². The maximum Gasteiger partial charge on any atom is 0.410 e. The van der Waals surface area contributed by atoms with Gasteiger partial charge in [0.15, 0.2) is 0 Å². The fourth-order valence-electron chi connectivity index (χ4n) is 3.09. The number of hydrogen-bond donors (Lipinski definition) is 1. The van der Waals surface area contributed by atoms with Crippen molar-refractivity contribution in [3.63, 3.8) is 0 Å². The van der Waals surface area contributed by atoms with Crippen LogP contribution in [-0.4, -0.2) is 36.3 Å². The van der Waals surface area contributed by atoms with Crippen molar-refractivity contribution >= 4 is 6.09 Å². The molecule has 25 heavy (non-hydrogen) atoms. The normalized spacial score (nSPS) is 18.1. The van der Waals surface area contributed by atoms with E-state index in [4.69, 9.17) is 15.2 Å². The van der Waals surface area contributed by atoms with Gasteiger partial charge in [-0.2, -0.15) is 0 Å². The van der Waals surface area contributed by atoms with Crippen molar-refractivity contribution in [3.05, 3.63) is 29.3 Å². The van der Waals surface area contributed by atoms with E-state index in [1.807, 2.05) is 43.9 Å². The number of carbonyl (C=O) groups is 1. The number of amides is 1. The molecule has 2 rings (SSSR count). The van der Waals surface area contributed by atoms with E-state index >= 15 is 0 Å². The molecular weight excluding hydrogens is 316 g/mol. The van der Waals surface area contributed by atoms with Crippen molar-refractivity contribution in [2.75, 3.05) is 19.7 Å². The minimum atomic E-state index is -0.445. The molecule has 1 fully saturated rings. The summed E-state index contributed by atoms with van der Waals surface area (Å²) in [6, 6.07) is 6.05. The monoisotopic (exact) mass is 348 g/mol. The van der Waals surface area contributed by atoms with Crippen molar-refractivity contribution in [2.45, 2.75) is 59.1 Å². The number of aryl methyl sites for hydroxylation is 1. The van der Waals surface area contributed by atoms with Crippen LogP contribution in [0.5, 0.6) is 5.75 Å². The number of nitrogens with zero attached hydrogens (tertiary/aromatic N) is 1. The second-order valence-electron chi connectivity index (χ2n) is 7.86. The van der Waals surface area contributed by atoms with Crippen LogP contribution in [0.4, 0.5) is 4.79 Å². The molecule has 1 aliphatic heterocycles. The first-order valence-electron chi connectivity index (χ1n) is 9.19. The summed E-state index contributed by atoms with van der Waals surface area (Å²) >= 11 is 0. The zero-order valence-corrected chi connectivity index (χ0v) is 16.0. The Labute approximate surface area is 151 Å². The third kappa shape index (κ3) is 6.24. The van der Waals surface area contributed by atoms with Gasteiger partial charge >= 0.3 is 6.09 Å². The van der Waals surface area contributed by atoms with Gasteiger partial charge in [0.25, 0.3) is 0 Å². The molecule has 1 aromatic rings. The molecule has 0 aromatic heterocycles. The van der Waals surface area contributed by atoms with E-state index in [1.54, 1.807) is 0 Å². The first-order chi connectivity index (χ1) is 11.8. The molecule has 0 saturated carbocycles. The molecule has 0 spiro atoms. The maximum absolute atomic E-state index is 12.2. The summed E-state index contributed by atoms with van der Waals surface area (Å²) in [5.74, 6) is 1.33. The van der Waals surface area contributed by atoms with Gasteiger partial charge in [0.2, 0.25) is 0 Å². The van der Waals surface area contributed by atoms with E-state index in [9.17, 15) is 4.79 Å². The smallest absolute Gasteiger partial charge is 0.410 e. The van der Waals surface area contributed by atoms with E-state index in [2.05, 4.69) is 6.92 Å². The van der Waals surface area contributed by atoms with Crippen LogP contribution in [0.2, 0.25) is 0 Å². The quantitative estimate of drug-likeness (QED) is 0.877. The Hall–Kier alpha value is -1.75. The lowest BCUT2D eigenvalue weighted by molar-refractivity contribution is 0.0154. The van der Waals surface area contributed by atoms with Crippen LogP contribution < -0.4 is 10.5 Å². The number of hydrogen-bond acceptors (Lipinski definition) is 4. The third-order valence-electron chi connectivity index (χ3n) is 4.51. The van der Waals surface area contributed by atoms with Crippen LogP contribution in [0, 0.1) is 12.8 Å². The van der Waals surface area contributed by atoms with Crippen LogP contribution in [-0.2, 0) is 11.3 Å². The average molecular weight is 348 g/mol. The fourth-order valence-corrected chi connectivity index (χ4v) is 3.09. The second kappa shape index (κ2) is 8.56. The molecule has 1 unspecified atom stereocenters. The largest absolute Gasteiger partial charge is 0.494 e. The summed E-state index contributed by atoms with van der Waals surface area (Å²) in [4.78, 5) is 14.0. The van der Waals surface area contributed by atoms with Crippen LogP contribution in [0.25, 0.3) is 0 Å². The molecule has 2 N–H and O–H groups in total. The van der Waals surface area contributed by atoms with Crippen molar-refractivity contribution < 1.29 is 14.3 Å². The Morgan fingerprint density at radius 3 is 2.80 bits per heavy atom. The van der Waals surface area contributed by atoms with Gasteiger partial charge in [0, 0.05) is 19.6 Å². The molecule has 0 bridgehead atoms. The van der Waals surface area contributed by atoms with E-state index in [0.717, 1.165) is 43.7 Å². The number of ether oxygens (including phenoxy) is 2. The lowest BCUT2D eigenvalue weighted by Gasteiger charge is -2.34. The van der Waals surface area contributed by atoms with E-state index in [0.29, 0.717) is 19.1 Å². The molecule has 1 amide bonds. The molecule has 1 heterocycles. The molecule has 1 aliphatic rings. The average Bonchev–Trinajstić information content (AvgIpc) is 2.55. The topological polar surface area (TPSA) is 64.8 Å². The standard InChI is InChI=1S/C20H32N2O3/c1-15-7-8-18(12-17(15)13-21)24-11-9-16-6-5-10-22(14-16)19(23)25-20(2,3)4/h7-8,12,16H,5-6,9-11,13-14,21H2,1-4H3. The van der Waals surface area contributed by atoms with Crippen LogP contribution >= 0.6 is 0 Å². The van der Waals surface area contributed by atoms with Crippen molar-refractivity contribution in [3.8, 4) is 5.75 Å². The Morgan fingerprint density at radius 2 is 2.12 bits per heavy atom. The first kappa shape index (κ1) is 19.6. The minimum Gasteiger partial charge on any atom is -0.494 e. The highest BCUT2D eigenvalue weighted by Crippen LogP contribution is 2.23. The van der Waals surface area contributed by atoms with E-state index in [-0.39, 0.29) is 6.09 Å². The number of likely N-dealkylation sites (tertiary alicyclic amines) is 1. The molecule has 1 aromatic carbocycles. The van der Waals surface area contributed by atoms with Crippen LogP contribution in [0.3, 0.4) is 0 Å². The molecule has 140 valence electrons. The summed E-state index contributed by atoms with van der Waals surface area (Å²) in [7, 11) is 0. The summed E-state index contributed by atoms with van der Waals surface area (Å²) in [6.07, 6.45) is 2.88. The summed E-state index contributed by atoms with van der Waals surface area (Å²) in [5, 5.41) is 0. The predicted octanol–water partition coefficient (Wildman–Crippen LogP) is 3.87. The van der Waals surface area contributed by atoms with Gasteiger partial charge in [-0.05, 0) is 76.1 Å². The second-order valence-corrected chi connectivity index (χ2v) is 7.86. The molecule has 1 saturated heterocycles. The lowest BCUT2D eigenvalue weighted by Crippen LogP contribution is -2.43. The SMILES string of the molecule is Cc1ccc(OCCC2CCCN(C(=O)OC(C)(C)C)C2)cc1CN. The zero-order chi connectivity index (χ0) is 18.4. The van der Waals surface area contributed by atoms with Gasteiger partial charge in [0.1, 0.15) is 11.4 Å². The number of carbonyl (C=O) groups excluding carboxylic acids is 1. The molecular formula is C20H32N2O3. The van der Waals surface area contributed by atoms with Gasteiger partial charge in [0.05, 0.1) is 6.61 Å². The molecule has 0 aliphatic carbocycles. The van der Waals surface area contributed by atoms with Gasteiger partial charge in [-0.3, -0.25) is 0 Å². The number of benzene rings is 1. The maximum atomic E-state index is 12.2. The lowest BCUT2D eigenvalue weighted by atomic mass is 9.95. The Balaban J connectivity index is 1.80. The van der Waals surface area contributed by atoms with Gasteiger partial charge in [-0.15, -0.1) is 0 Å². The predicted molar refractivity (Wildman–Crippen MR) is 99.7 cm³/mol. The van der Waals surface area contributed by atoms with Gasteiger partial charge in [-0.25, -0.2) is 4.79 Å². The molecule has 5 nitrogen and oxygen atoms in total. The number of nitrogens with two attached hydrogens (primary N) is 1. The zero-order valence-electron chi connectivity index (χ0n) is 16.0. The number of piperidine rings is 1. The summed E-state index contributed by atoms with van der Waals surface area (Å²) in [6.45, 7) is 10.5.